The molecule has 0 aromatic heterocycles. The predicted octanol–water partition coefficient (Wildman–Crippen LogP) is 4.41. The molecule has 1 atom stereocenters. The third kappa shape index (κ3) is 6.74. The summed E-state index contributed by atoms with van der Waals surface area (Å²) >= 11 is 6.37. The predicted molar refractivity (Wildman–Crippen MR) is 92.8 cm³/mol. The molecule has 23 heavy (non-hydrogen) atoms. The molecule has 1 aromatic rings. The highest BCUT2D eigenvalue weighted by Gasteiger charge is 2.20. The van der Waals surface area contributed by atoms with Crippen LogP contribution < -0.4 is 10.1 Å². The fourth-order valence-corrected chi connectivity index (χ4v) is 2.46. The highest BCUT2D eigenvalue weighted by atomic mass is 79.9. The summed E-state index contributed by atoms with van der Waals surface area (Å²) in [4.78, 5) is 22.1. The van der Waals surface area contributed by atoms with Gasteiger partial charge in [0.25, 0.3) is 5.69 Å². The van der Waals surface area contributed by atoms with Crippen molar-refractivity contribution in [2.45, 2.75) is 39.4 Å². The maximum atomic E-state index is 11.6. The van der Waals surface area contributed by atoms with Crippen molar-refractivity contribution in [2.75, 3.05) is 6.54 Å². The number of nitrogens with zero attached hydrogens (tertiary/aromatic N) is 1. The minimum Gasteiger partial charge on any atom is -0.487 e. The molecular formula is C14H18Br2N2O5. The molecule has 0 bridgehead atoms. The summed E-state index contributed by atoms with van der Waals surface area (Å²) < 4.78 is 11.5. The molecule has 0 saturated carbocycles. The van der Waals surface area contributed by atoms with Gasteiger partial charge in [-0.2, -0.15) is 0 Å². The fourth-order valence-electron chi connectivity index (χ4n) is 1.57. The molecule has 1 aromatic carbocycles. The van der Waals surface area contributed by atoms with Crippen molar-refractivity contribution in [3.8, 4) is 5.75 Å². The lowest BCUT2D eigenvalue weighted by atomic mass is 10.2. The zero-order chi connectivity index (χ0) is 17.8. The Morgan fingerprint density at radius 3 is 2.52 bits per heavy atom. The monoisotopic (exact) mass is 452 g/mol. The molecule has 0 saturated heterocycles. The largest absolute Gasteiger partial charge is 0.487 e. The number of hydrogen-bond acceptors (Lipinski definition) is 5. The molecule has 0 aliphatic heterocycles. The van der Waals surface area contributed by atoms with Gasteiger partial charge in [-0.3, -0.25) is 10.1 Å². The first-order valence-corrected chi connectivity index (χ1v) is 8.35. The van der Waals surface area contributed by atoms with E-state index in [9.17, 15) is 14.9 Å². The van der Waals surface area contributed by atoms with Gasteiger partial charge in [-0.25, -0.2) is 4.79 Å². The molecule has 1 amide bonds. The second-order valence-corrected chi connectivity index (χ2v) is 7.51. The van der Waals surface area contributed by atoms with Crippen LogP contribution in [0.2, 0.25) is 0 Å². The Morgan fingerprint density at radius 2 is 2.00 bits per heavy atom. The third-order valence-corrected chi connectivity index (χ3v) is 3.70. The van der Waals surface area contributed by atoms with Crippen molar-refractivity contribution >= 4 is 43.6 Å². The van der Waals surface area contributed by atoms with E-state index in [1.54, 1.807) is 33.8 Å². The average Bonchev–Trinajstić information content (AvgIpc) is 2.38. The van der Waals surface area contributed by atoms with Crippen LogP contribution in [-0.2, 0) is 4.74 Å². The average molecular weight is 454 g/mol. The van der Waals surface area contributed by atoms with E-state index in [1.807, 2.05) is 0 Å². The lowest BCUT2D eigenvalue weighted by Crippen LogP contribution is -2.37. The number of carbonyl (C=O) groups excluding carboxylic acids is 1. The van der Waals surface area contributed by atoms with Gasteiger partial charge in [0.05, 0.1) is 11.5 Å². The number of nitrogens with one attached hydrogen (secondary N) is 1. The van der Waals surface area contributed by atoms with Gasteiger partial charge < -0.3 is 14.8 Å². The van der Waals surface area contributed by atoms with Crippen molar-refractivity contribution in [1.82, 2.24) is 5.32 Å². The highest BCUT2D eigenvalue weighted by molar-refractivity contribution is 9.11. The fraction of sp³-hybridized carbons (Fsp3) is 0.500. The molecule has 0 heterocycles. The van der Waals surface area contributed by atoms with Crippen LogP contribution in [0.15, 0.2) is 21.1 Å². The van der Waals surface area contributed by atoms with Gasteiger partial charge in [0.15, 0.2) is 0 Å². The maximum absolute atomic E-state index is 11.6. The Balaban J connectivity index is 2.70. The van der Waals surface area contributed by atoms with Crippen molar-refractivity contribution in [1.29, 1.82) is 0 Å². The molecule has 0 fully saturated rings. The Kier molecular flexibility index (Phi) is 6.82. The molecule has 0 aliphatic rings. The van der Waals surface area contributed by atoms with E-state index < -0.39 is 22.7 Å². The van der Waals surface area contributed by atoms with Gasteiger partial charge in [0.1, 0.15) is 21.9 Å². The van der Waals surface area contributed by atoms with Gasteiger partial charge in [0.2, 0.25) is 0 Å². The van der Waals surface area contributed by atoms with Crippen LogP contribution in [0.5, 0.6) is 5.75 Å². The lowest BCUT2D eigenvalue weighted by molar-refractivity contribution is -0.385. The van der Waals surface area contributed by atoms with E-state index in [0.29, 0.717) is 10.2 Å². The number of rotatable bonds is 5. The van der Waals surface area contributed by atoms with Gasteiger partial charge in [-0.05, 0) is 49.7 Å². The van der Waals surface area contributed by atoms with Crippen LogP contribution in [-0.4, -0.2) is 29.3 Å². The van der Waals surface area contributed by atoms with Gasteiger partial charge in [-0.1, -0.05) is 15.9 Å². The van der Waals surface area contributed by atoms with Gasteiger partial charge in [0, 0.05) is 10.5 Å². The van der Waals surface area contributed by atoms with E-state index in [2.05, 4.69) is 37.2 Å². The van der Waals surface area contributed by atoms with Crippen LogP contribution in [0.1, 0.15) is 27.7 Å². The van der Waals surface area contributed by atoms with Crippen LogP contribution in [0.3, 0.4) is 0 Å². The first-order chi connectivity index (χ1) is 10.5. The molecule has 1 N–H and O–H groups in total. The Morgan fingerprint density at radius 1 is 1.39 bits per heavy atom. The zero-order valence-corrected chi connectivity index (χ0v) is 16.4. The quantitative estimate of drug-likeness (QED) is 0.526. The second kappa shape index (κ2) is 7.96. The van der Waals surface area contributed by atoms with E-state index in [0.717, 1.165) is 0 Å². The minimum atomic E-state index is -0.581. The number of nitro benzene ring substituents is 1. The number of alkyl carbamates (subject to hydrolysis) is 1. The zero-order valence-electron chi connectivity index (χ0n) is 13.2. The van der Waals surface area contributed by atoms with Crippen LogP contribution in [0.25, 0.3) is 0 Å². The van der Waals surface area contributed by atoms with Crippen molar-refractivity contribution < 1.29 is 19.2 Å². The second-order valence-electron chi connectivity index (χ2n) is 5.81. The summed E-state index contributed by atoms with van der Waals surface area (Å²) in [5, 5.41) is 13.6. The Hall–Kier alpha value is -1.35. The number of amides is 1. The number of hydrogen-bond donors (Lipinski definition) is 1. The molecular weight excluding hydrogens is 436 g/mol. The SMILES string of the molecule is CC(CNC(=O)OC(C)(C)C)Oc1cc(Br)cc([N+](=O)[O-])c1Br. The molecule has 1 unspecified atom stereocenters. The molecule has 0 radical (unpaired) electrons. The number of halogens is 2. The Bertz CT molecular complexity index is 602. The number of nitro groups is 1. The molecule has 0 aliphatic carbocycles. The van der Waals surface area contributed by atoms with Crippen molar-refractivity contribution in [3.05, 3.63) is 31.2 Å². The van der Waals surface area contributed by atoms with Crippen LogP contribution in [0, 0.1) is 10.1 Å². The Labute approximate surface area is 151 Å². The van der Waals surface area contributed by atoms with Crippen LogP contribution >= 0.6 is 31.9 Å². The standard InChI is InChI=1S/C14H18Br2N2O5/c1-8(7-17-13(19)23-14(2,3)4)22-11-6-9(15)5-10(12(11)16)18(20)21/h5-6,8H,7H2,1-4H3,(H,17,19). The first kappa shape index (κ1) is 19.7. The summed E-state index contributed by atoms with van der Waals surface area (Å²) in [5.41, 5.74) is -0.691. The maximum Gasteiger partial charge on any atom is 0.407 e. The normalized spacial score (nSPS) is 12.4. The summed E-state index contributed by atoms with van der Waals surface area (Å²) in [5.74, 6) is 0.310. The van der Waals surface area contributed by atoms with E-state index >= 15 is 0 Å². The molecule has 1 rings (SSSR count). The van der Waals surface area contributed by atoms with E-state index in [-0.39, 0.29) is 16.7 Å². The summed E-state index contributed by atoms with van der Waals surface area (Å²) in [6.07, 6.45) is -0.958. The minimum absolute atomic E-state index is 0.110. The molecule has 7 nitrogen and oxygen atoms in total. The van der Waals surface area contributed by atoms with Crippen molar-refractivity contribution in [2.24, 2.45) is 0 Å². The summed E-state index contributed by atoms with van der Waals surface area (Å²) in [6, 6.07) is 2.99. The molecule has 9 heteroatoms. The van der Waals surface area contributed by atoms with E-state index in [4.69, 9.17) is 9.47 Å². The van der Waals surface area contributed by atoms with Crippen molar-refractivity contribution in [3.63, 3.8) is 0 Å². The summed E-state index contributed by atoms with van der Waals surface area (Å²) in [6.45, 7) is 7.23. The first-order valence-electron chi connectivity index (χ1n) is 6.76. The number of ether oxygens (including phenoxy) is 2. The highest BCUT2D eigenvalue weighted by Crippen LogP contribution is 2.37. The van der Waals surface area contributed by atoms with E-state index in [1.165, 1.54) is 6.07 Å². The summed E-state index contributed by atoms with van der Waals surface area (Å²) in [7, 11) is 0. The van der Waals surface area contributed by atoms with Gasteiger partial charge >= 0.3 is 6.09 Å². The lowest BCUT2D eigenvalue weighted by Gasteiger charge is -2.21. The number of benzene rings is 1. The van der Waals surface area contributed by atoms with Crippen LogP contribution in [0.4, 0.5) is 10.5 Å². The van der Waals surface area contributed by atoms with Gasteiger partial charge in [-0.15, -0.1) is 0 Å². The molecule has 128 valence electrons. The smallest absolute Gasteiger partial charge is 0.407 e. The topological polar surface area (TPSA) is 90.7 Å². The third-order valence-electron chi connectivity index (χ3n) is 2.44. The molecule has 0 spiro atoms. The number of carbonyl (C=O) groups is 1.